The normalized spacial score (nSPS) is 9.94. The van der Waals surface area contributed by atoms with E-state index in [0.717, 1.165) is 11.8 Å². The van der Waals surface area contributed by atoms with Gasteiger partial charge in [0, 0.05) is 6.20 Å². The first kappa shape index (κ1) is 14.9. The summed E-state index contributed by atoms with van der Waals surface area (Å²) in [5, 5.41) is 12.2. The lowest BCUT2D eigenvalue weighted by molar-refractivity contribution is -0.118. The Balaban J connectivity index is 2.49. The Morgan fingerprint density at radius 3 is 2.67 bits per heavy atom. The zero-order valence-corrected chi connectivity index (χ0v) is 11.6. The third-order valence-corrected chi connectivity index (χ3v) is 3.18. The Morgan fingerprint density at radius 2 is 2.17 bits per heavy atom. The van der Waals surface area contributed by atoms with Crippen LogP contribution >= 0.6 is 35.0 Å². The highest BCUT2D eigenvalue weighted by Gasteiger charge is 2.15. The molecule has 98 valence electrons. The quantitative estimate of drug-likeness (QED) is 0.502. The number of amidine groups is 1. The number of rotatable bonds is 3. The number of aromatic nitrogens is 1. The Labute approximate surface area is 117 Å². The largest absolute Gasteiger partial charge is 0.350 e. The standard InChI is InChI=1S/C9H10Cl2N4O2S/c1-18-9(12)15-5(16)3-14-8(17)4-2-13-7(11)6(4)10/h2,13H,3H2,1H3,(H,14,17)(H2,12,15,16). The fraction of sp³-hybridized carbons (Fsp3) is 0.222. The lowest BCUT2D eigenvalue weighted by Gasteiger charge is -2.05. The van der Waals surface area contributed by atoms with Crippen LogP contribution in [0.2, 0.25) is 10.2 Å². The fourth-order valence-electron chi connectivity index (χ4n) is 1.02. The lowest BCUT2D eigenvalue weighted by Crippen LogP contribution is -2.38. The monoisotopic (exact) mass is 308 g/mol. The zero-order chi connectivity index (χ0) is 13.7. The van der Waals surface area contributed by atoms with Gasteiger partial charge in [-0.15, -0.1) is 0 Å². The molecule has 0 unspecified atom stereocenters. The number of carbonyl (C=O) groups excluding carboxylic acids is 2. The molecular weight excluding hydrogens is 299 g/mol. The minimum absolute atomic E-state index is 0.0111. The summed E-state index contributed by atoms with van der Waals surface area (Å²) in [6, 6.07) is 0. The summed E-state index contributed by atoms with van der Waals surface area (Å²) < 4.78 is 0. The molecule has 0 spiro atoms. The van der Waals surface area contributed by atoms with Crippen molar-refractivity contribution < 1.29 is 9.59 Å². The molecule has 0 aliphatic heterocycles. The van der Waals surface area contributed by atoms with Gasteiger partial charge in [0.2, 0.25) is 5.91 Å². The van der Waals surface area contributed by atoms with Crippen molar-refractivity contribution in [1.29, 1.82) is 5.41 Å². The van der Waals surface area contributed by atoms with E-state index >= 15 is 0 Å². The molecule has 0 radical (unpaired) electrons. The fourth-order valence-corrected chi connectivity index (χ4v) is 1.59. The molecule has 1 heterocycles. The number of carbonyl (C=O) groups is 2. The third kappa shape index (κ3) is 3.94. The van der Waals surface area contributed by atoms with Crippen molar-refractivity contribution in [2.45, 2.75) is 0 Å². The summed E-state index contributed by atoms with van der Waals surface area (Å²) in [6.07, 6.45) is 3.00. The molecule has 0 aromatic carbocycles. The first-order valence-electron chi connectivity index (χ1n) is 4.68. The maximum absolute atomic E-state index is 11.6. The van der Waals surface area contributed by atoms with Gasteiger partial charge in [0.1, 0.15) is 5.15 Å². The van der Waals surface area contributed by atoms with Crippen LogP contribution in [-0.2, 0) is 4.79 Å². The Kier molecular flexibility index (Phi) is 5.52. The molecule has 1 aromatic rings. The van der Waals surface area contributed by atoms with Gasteiger partial charge in [-0.2, -0.15) is 0 Å². The number of hydrogen-bond donors (Lipinski definition) is 4. The first-order valence-corrected chi connectivity index (χ1v) is 6.66. The van der Waals surface area contributed by atoms with Crippen LogP contribution in [0.4, 0.5) is 0 Å². The molecule has 2 amide bonds. The van der Waals surface area contributed by atoms with E-state index in [9.17, 15) is 9.59 Å². The molecule has 0 aliphatic carbocycles. The molecule has 0 atom stereocenters. The van der Waals surface area contributed by atoms with Crippen molar-refractivity contribution in [2.75, 3.05) is 12.8 Å². The second-order valence-electron chi connectivity index (χ2n) is 3.09. The average molecular weight is 309 g/mol. The summed E-state index contributed by atoms with van der Waals surface area (Å²) in [4.78, 5) is 25.5. The van der Waals surface area contributed by atoms with E-state index in [1.54, 1.807) is 6.26 Å². The van der Waals surface area contributed by atoms with Gasteiger partial charge in [-0.25, -0.2) is 0 Å². The van der Waals surface area contributed by atoms with Gasteiger partial charge in [-0.05, 0) is 6.26 Å². The van der Waals surface area contributed by atoms with Crippen LogP contribution in [0.25, 0.3) is 0 Å². The lowest BCUT2D eigenvalue weighted by atomic mass is 10.3. The van der Waals surface area contributed by atoms with Gasteiger partial charge in [-0.1, -0.05) is 35.0 Å². The number of amides is 2. The van der Waals surface area contributed by atoms with Crippen LogP contribution in [0.5, 0.6) is 0 Å². The average Bonchev–Trinajstić information content (AvgIpc) is 2.67. The minimum Gasteiger partial charge on any atom is -0.350 e. The topological polar surface area (TPSA) is 97.8 Å². The minimum atomic E-state index is -0.519. The molecule has 0 saturated carbocycles. The second-order valence-corrected chi connectivity index (χ2v) is 4.67. The van der Waals surface area contributed by atoms with Gasteiger partial charge in [0.25, 0.3) is 5.91 Å². The van der Waals surface area contributed by atoms with Crippen LogP contribution in [-0.4, -0.2) is 34.8 Å². The van der Waals surface area contributed by atoms with Crippen molar-refractivity contribution in [2.24, 2.45) is 0 Å². The van der Waals surface area contributed by atoms with E-state index in [2.05, 4.69) is 15.6 Å². The molecule has 0 fully saturated rings. The molecule has 0 aliphatic rings. The molecule has 6 nitrogen and oxygen atoms in total. The Hall–Kier alpha value is -1.18. The van der Waals surface area contributed by atoms with Crippen molar-refractivity contribution in [3.05, 3.63) is 21.9 Å². The first-order chi connectivity index (χ1) is 8.45. The molecule has 1 rings (SSSR count). The van der Waals surface area contributed by atoms with E-state index in [4.69, 9.17) is 28.6 Å². The number of halogens is 2. The Morgan fingerprint density at radius 1 is 1.50 bits per heavy atom. The van der Waals surface area contributed by atoms with Crippen molar-refractivity contribution >= 4 is 51.9 Å². The number of aromatic amines is 1. The Bertz CT molecular complexity index is 489. The van der Waals surface area contributed by atoms with Gasteiger partial charge >= 0.3 is 0 Å². The highest BCUT2D eigenvalue weighted by atomic mass is 35.5. The van der Waals surface area contributed by atoms with Gasteiger partial charge < -0.3 is 15.6 Å². The maximum Gasteiger partial charge on any atom is 0.254 e. The van der Waals surface area contributed by atoms with Crippen LogP contribution < -0.4 is 10.6 Å². The van der Waals surface area contributed by atoms with E-state index in [0.29, 0.717) is 0 Å². The molecule has 18 heavy (non-hydrogen) atoms. The highest BCUT2D eigenvalue weighted by Crippen LogP contribution is 2.24. The molecule has 4 N–H and O–H groups in total. The molecule has 0 saturated heterocycles. The van der Waals surface area contributed by atoms with Crippen molar-refractivity contribution in [1.82, 2.24) is 15.6 Å². The number of hydrogen-bond acceptors (Lipinski definition) is 4. The predicted molar refractivity (Wildman–Crippen MR) is 72.5 cm³/mol. The summed E-state index contributed by atoms with van der Waals surface area (Å²) in [5.74, 6) is -1.01. The van der Waals surface area contributed by atoms with Crippen LogP contribution in [0.1, 0.15) is 10.4 Å². The molecule has 1 aromatic heterocycles. The number of thioether (sulfide) groups is 1. The van der Waals surface area contributed by atoms with Crippen LogP contribution in [0.15, 0.2) is 6.20 Å². The van der Waals surface area contributed by atoms with E-state index in [1.165, 1.54) is 6.20 Å². The summed E-state index contributed by atoms with van der Waals surface area (Å²) in [5.41, 5.74) is 0.161. The summed E-state index contributed by atoms with van der Waals surface area (Å²) in [7, 11) is 0. The molecule has 9 heteroatoms. The summed E-state index contributed by atoms with van der Waals surface area (Å²) >= 11 is 12.5. The van der Waals surface area contributed by atoms with Crippen molar-refractivity contribution in [3.63, 3.8) is 0 Å². The van der Waals surface area contributed by atoms with Gasteiger partial charge in [0.15, 0.2) is 5.17 Å². The number of H-pyrrole nitrogens is 1. The number of nitrogens with one attached hydrogen (secondary N) is 4. The molecular formula is C9H10Cl2N4O2S. The smallest absolute Gasteiger partial charge is 0.254 e. The van der Waals surface area contributed by atoms with Crippen molar-refractivity contribution in [3.8, 4) is 0 Å². The predicted octanol–water partition coefficient (Wildman–Crippen LogP) is 1.47. The van der Waals surface area contributed by atoms with Crippen LogP contribution in [0, 0.1) is 5.41 Å². The van der Waals surface area contributed by atoms with Crippen LogP contribution in [0.3, 0.4) is 0 Å². The SMILES string of the molecule is CSC(=N)NC(=O)CNC(=O)c1c[nH]c(Cl)c1Cl. The van der Waals surface area contributed by atoms with E-state index in [-0.39, 0.29) is 27.5 Å². The van der Waals surface area contributed by atoms with E-state index in [1.807, 2.05) is 0 Å². The molecule has 0 bridgehead atoms. The van der Waals surface area contributed by atoms with E-state index < -0.39 is 11.8 Å². The maximum atomic E-state index is 11.6. The third-order valence-electron chi connectivity index (χ3n) is 1.88. The summed E-state index contributed by atoms with van der Waals surface area (Å²) in [6.45, 7) is -0.249. The van der Waals surface area contributed by atoms with Gasteiger partial charge in [0.05, 0.1) is 17.1 Å². The zero-order valence-electron chi connectivity index (χ0n) is 9.27. The highest BCUT2D eigenvalue weighted by molar-refractivity contribution is 8.13. The second kappa shape index (κ2) is 6.67. The van der Waals surface area contributed by atoms with Gasteiger partial charge in [-0.3, -0.25) is 15.0 Å².